The van der Waals surface area contributed by atoms with Crippen LogP contribution in [0, 0.1) is 0 Å². The number of nitrogens with zero attached hydrogens (tertiary/aromatic N) is 4. The minimum absolute atomic E-state index is 0.494. The normalized spacial score (nSPS) is 11.0. The number of rotatable bonds is 6. The fourth-order valence-electron chi connectivity index (χ4n) is 2.13. The van der Waals surface area contributed by atoms with Crippen molar-refractivity contribution in [3.8, 4) is 11.7 Å². The van der Waals surface area contributed by atoms with E-state index in [-0.39, 0.29) is 0 Å². The summed E-state index contributed by atoms with van der Waals surface area (Å²) in [6.45, 7) is 1.37. The van der Waals surface area contributed by atoms with E-state index in [9.17, 15) is 0 Å². The van der Waals surface area contributed by atoms with Crippen LogP contribution in [0.1, 0.15) is 11.6 Å². The van der Waals surface area contributed by atoms with Crippen LogP contribution in [-0.2, 0) is 20.1 Å². The van der Waals surface area contributed by atoms with E-state index in [2.05, 4.69) is 15.0 Å². The van der Waals surface area contributed by atoms with Gasteiger partial charge in [-0.25, -0.2) is 4.98 Å². The second-order valence-electron chi connectivity index (χ2n) is 5.11. The maximum Gasteiger partial charge on any atom is 0.290 e. The van der Waals surface area contributed by atoms with Gasteiger partial charge in [0.25, 0.3) is 5.95 Å². The van der Waals surface area contributed by atoms with Crippen molar-refractivity contribution in [1.29, 1.82) is 0 Å². The van der Waals surface area contributed by atoms with Crippen LogP contribution in [0.3, 0.4) is 0 Å². The standard InChI is InChI=1S/C16H18N4O2/c1-19(11-15-17-12-18-20(15)2)10-14-8-9-16(22-14)21-13-6-4-3-5-7-13/h3-9,12H,10-11H2,1-2H3. The van der Waals surface area contributed by atoms with Gasteiger partial charge in [-0.3, -0.25) is 9.58 Å². The smallest absolute Gasteiger partial charge is 0.290 e. The predicted octanol–water partition coefficient (Wildman–Crippen LogP) is 2.83. The topological polar surface area (TPSA) is 56.3 Å². The average Bonchev–Trinajstić information content (AvgIpc) is 3.10. The quantitative estimate of drug-likeness (QED) is 0.700. The largest absolute Gasteiger partial charge is 0.429 e. The number of aromatic nitrogens is 3. The van der Waals surface area contributed by atoms with Crippen LogP contribution < -0.4 is 4.74 Å². The third-order valence-corrected chi connectivity index (χ3v) is 3.24. The number of furan rings is 1. The molecule has 0 unspecified atom stereocenters. The summed E-state index contributed by atoms with van der Waals surface area (Å²) in [6, 6.07) is 13.3. The first kappa shape index (κ1) is 14.3. The second-order valence-corrected chi connectivity index (χ2v) is 5.11. The molecule has 1 aromatic carbocycles. The Hall–Kier alpha value is -2.60. The number of para-hydroxylation sites is 1. The number of aryl methyl sites for hydroxylation is 1. The molecule has 2 heterocycles. The predicted molar refractivity (Wildman–Crippen MR) is 81.4 cm³/mol. The first-order valence-corrected chi connectivity index (χ1v) is 7.04. The van der Waals surface area contributed by atoms with Crippen molar-refractivity contribution in [1.82, 2.24) is 19.7 Å². The third-order valence-electron chi connectivity index (χ3n) is 3.24. The Labute approximate surface area is 128 Å². The molecular weight excluding hydrogens is 280 g/mol. The van der Waals surface area contributed by atoms with E-state index in [1.165, 1.54) is 0 Å². The van der Waals surface area contributed by atoms with Gasteiger partial charge >= 0.3 is 0 Å². The molecular formula is C16H18N4O2. The highest BCUT2D eigenvalue weighted by Crippen LogP contribution is 2.24. The fourth-order valence-corrected chi connectivity index (χ4v) is 2.13. The monoisotopic (exact) mass is 298 g/mol. The zero-order chi connectivity index (χ0) is 15.4. The second kappa shape index (κ2) is 6.44. The Bertz CT molecular complexity index is 721. The van der Waals surface area contributed by atoms with Gasteiger partial charge in [-0.15, -0.1) is 0 Å². The van der Waals surface area contributed by atoms with Crippen molar-refractivity contribution in [3.05, 3.63) is 60.4 Å². The molecule has 0 N–H and O–H groups in total. The van der Waals surface area contributed by atoms with E-state index >= 15 is 0 Å². The van der Waals surface area contributed by atoms with E-state index < -0.39 is 0 Å². The van der Waals surface area contributed by atoms with Gasteiger partial charge < -0.3 is 9.15 Å². The third kappa shape index (κ3) is 3.53. The lowest BCUT2D eigenvalue weighted by molar-refractivity contribution is 0.259. The molecule has 0 aliphatic heterocycles. The van der Waals surface area contributed by atoms with Crippen molar-refractivity contribution >= 4 is 0 Å². The molecule has 0 saturated carbocycles. The summed E-state index contributed by atoms with van der Waals surface area (Å²) in [5, 5.41) is 4.06. The van der Waals surface area contributed by atoms with E-state index in [0.29, 0.717) is 19.0 Å². The average molecular weight is 298 g/mol. The van der Waals surface area contributed by atoms with Crippen molar-refractivity contribution in [2.45, 2.75) is 13.1 Å². The molecule has 6 nitrogen and oxygen atoms in total. The van der Waals surface area contributed by atoms with Gasteiger partial charge in [-0.1, -0.05) is 18.2 Å². The molecule has 0 amide bonds. The number of benzene rings is 1. The summed E-state index contributed by atoms with van der Waals surface area (Å²) >= 11 is 0. The van der Waals surface area contributed by atoms with Crippen LogP contribution in [0.25, 0.3) is 0 Å². The molecule has 2 aromatic heterocycles. The number of ether oxygens (including phenoxy) is 1. The zero-order valence-electron chi connectivity index (χ0n) is 12.6. The minimum Gasteiger partial charge on any atom is -0.429 e. The summed E-state index contributed by atoms with van der Waals surface area (Å²) in [5.74, 6) is 3.01. The van der Waals surface area contributed by atoms with Crippen LogP contribution in [-0.4, -0.2) is 26.7 Å². The van der Waals surface area contributed by atoms with Crippen LogP contribution in [0.4, 0.5) is 0 Å². The molecule has 0 fully saturated rings. The van der Waals surface area contributed by atoms with Gasteiger partial charge in [0.05, 0.1) is 13.1 Å². The van der Waals surface area contributed by atoms with Gasteiger partial charge in [0, 0.05) is 13.1 Å². The van der Waals surface area contributed by atoms with Gasteiger partial charge in [0.1, 0.15) is 23.7 Å². The van der Waals surface area contributed by atoms with Gasteiger partial charge in [0.15, 0.2) is 0 Å². The van der Waals surface area contributed by atoms with Crippen LogP contribution in [0.15, 0.2) is 53.2 Å². The summed E-state index contributed by atoms with van der Waals surface area (Å²) in [4.78, 5) is 6.32. The summed E-state index contributed by atoms with van der Waals surface area (Å²) in [7, 11) is 3.89. The molecule has 0 aliphatic carbocycles. The van der Waals surface area contributed by atoms with Crippen molar-refractivity contribution in [2.75, 3.05) is 7.05 Å². The highest BCUT2D eigenvalue weighted by atomic mass is 16.6. The summed E-state index contributed by atoms with van der Waals surface area (Å²) in [6.07, 6.45) is 1.56. The lowest BCUT2D eigenvalue weighted by Gasteiger charge is -2.13. The Morgan fingerprint density at radius 3 is 2.68 bits per heavy atom. The lowest BCUT2D eigenvalue weighted by atomic mass is 10.3. The van der Waals surface area contributed by atoms with E-state index in [1.807, 2.05) is 56.6 Å². The molecule has 0 spiro atoms. The first-order valence-electron chi connectivity index (χ1n) is 7.04. The molecule has 114 valence electrons. The van der Waals surface area contributed by atoms with E-state index in [4.69, 9.17) is 9.15 Å². The Morgan fingerprint density at radius 1 is 1.14 bits per heavy atom. The lowest BCUT2D eigenvalue weighted by Crippen LogP contribution is -2.19. The summed E-state index contributed by atoms with van der Waals surface area (Å²) < 4.78 is 13.1. The van der Waals surface area contributed by atoms with Gasteiger partial charge in [0.2, 0.25) is 0 Å². The maximum atomic E-state index is 5.70. The van der Waals surface area contributed by atoms with Gasteiger partial charge in [-0.2, -0.15) is 5.10 Å². The van der Waals surface area contributed by atoms with Crippen LogP contribution in [0.2, 0.25) is 0 Å². The van der Waals surface area contributed by atoms with Crippen molar-refractivity contribution < 1.29 is 9.15 Å². The highest BCUT2D eigenvalue weighted by Gasteiger charge is 2.10. The molecule has 0 aliphatic rings. The molecule has 0 bridgehead atoms. The number of hydrogen-bond donors (Lipinski definition) is 0. The molecule has 3 rings (SSSR count). The molecule has 0 atom stereocenters. The molecule has 3 aromatic rings. The maximum absolute atomic E-state index is 5.70. The Morgan fingerprint density at radius 2 is 1.95 bits per heavy atom. The fraction of sp³-hybridized carbons (Fsp3) is 0.250. The SMILES string of the molecule is CN(Cc1ccc(Oc2ccccc2)o1)Cc1ncnn1C. The minimum atomic E-state index is 0.494. The Kier molecular flexibility index (Phi) is 4.20. The van der Waals surface area contributed by atoms with Crippen molar-refractivity contribution in [3.63, 3.8) is 0 Å². The van der Waals surface area contributed by atoms with Crippen LogP contribution in [0.5, 0.6) is 11.7 Å². The molecule has 22 heavy (non-hydrogen) atoms. The molecule has 6 heteroatoms. The van der Waals surface area contributed by atoms with Gasteiger partial charge in [-0.05, 0) is 25.2 Å². The zero-order valence-corrected chi connectivity index (χ0v) is 12.6. The van der Waals surface area contributed by atoms with Crippen molar-refractivity contribution in [2.24, 2.45) is 7.05 Å². The van der Waals surface area contributed by atoms with E-state index in [0.717, 1.165) is 17.3 Å². The highest BCUT2D eigenvalue weighted by molar-refractivity contribution is 5.26. The number of hydrogen-bond acceptors (Lipinski definition) is 5. The van der Waals surface area contributed by atoms with Crippen LogP contribution >= 0.6 is 0 Å². The van der Waals surface area contributed by atoms with E-state index in [1.54, 1.807) is 11.0 Å². The molecule has 0 saturated heterocycles. The molecule has 0 radical (unpaired) electrons. The Balaban J connectivity index is 1.58. The summed E-state index contributed by atoms with van der Waals surface area (Å²) in [5.41, 5.74) is 0. The first-order chi connectivity index (χ1) is 10.7.